The van der Waals surface area contributed by atoms with E-state index in [1.165, 1.54) is 17.4 Å². The van der Waals surface area contributed by atoms with Crippen LogP contribution in [-0.4, -0.2) is 30.8 Å². The fourth-order valence-electron chi connectivity index (χ4n) is 3.76. The lowest BCUT2D eigenvalue weighted by Gasteiger charge is -2.31. The Bertz CT molecular complexity index is 1060. The second-order valence-corrected chi connectivity index (χ2v) is 8.26. The van der Waals surface area contributed by atoms with Gasteiger partial charge in [-0.25, -0.2) is 9.37 Å². The van der Waals surface area contributed by atoms with E-state index in [1.807, 2.05) is 24.3 Å². The highest BCUT2D eigenvalue weighted by molar-refractivity contribution is 7.22. The van der Waals surface area contributed by atoms with Gasteiger partial charge >= 0.3 is 0 Å². The van der Waals surface area contributed by atoms with E-state index in [2.05, 4.69) is 15.2 Å². The molecule has 3 heterocycles. The van der Waals surface area contributed by atoms with Crippen molar-refractivity contribution >= 4 is 32.6 Å². The van der Waals surface area contributed by atoms with E-state index >= 15 is 0 Å². The molecule has 0 radical (unpaired) electrons. The molecule has 29 heavy (non-hydrogen) atoms. The van der Waals surface area contributed by atoms with Crippen LogP contribution in [0.1, 0.15) is 18.4 Å². The van der Waals surface area contributed by atoms with Crippen molar-refractivity contribution in [2.75, 3.05) is 24.8 Å². The van der Waals surface area contributed by atoms with Crippen LogP contribution in [0.4, 0.5) is 9.52 Å². The van der Waals surface area contributed by atoms with Crippen LogP contribution in [0, 0.1) is 11.7 Å². The summed E-state index contributed by atoms with van der Waals surface area (Å²) in [7, 11) is 0. The number of nitrogens with zero attached hydrogens (tertiary/aromatic N) is 2. The molecule has 6 nitrogen and oxygen atoms in total. The topological polar surface area (TPSA) is 63.7 Å². The first kappa shape index (κ1) is 18.2. The van der Waals surface area contributed by atoms with Gasteiger partial charge in [0.2, 0.25) is 12.7 Å². The van der Waals surface area contributed by atoms with Gasteiger partial charge in [-0.2, -0.15) is 0 Å². The van der Waals surface area contributed by atoms with Crippen molar-refractivity contribution in [1.82, 2.24) is 10.3 Å². The summed E-state index contributed by atoms with van der Waals surface area (Å²) < 4.78 is 25.4. The molecule has 1 N–H and O–H groups in total. The number of carbonyl (C=O) groups is 1. The SMILES string of the molecule is O=C(NCc1ccc2c(c1)OCO2)C1CCN(c2nc3c(F)cccc3s2)CC1. The molecule has 1 aromatic heterocycles. The Labute approximate surface area is 171 Å². The second-order valence-electron chi connectivity index (χ2n) is 7.25. The summed E-state index contributed by atoms with van der Waals surface area (Å²) in [5.41, 5.74) is 1.41. The zero-order chi connectivity index (χ0) is 19.8. The van der Waals surface area contributed by atoms with Crippen molar-refractivity contribution in [2.24, 2.45) is 5.92 Å². The van der Waals surface area contributed by atoms with Crippen molar-refractivity contribution < 1.29 is 18.7 Å². The molecule has 3 aromatic rings. The van der Waals surface area contributed by atoms with Crippen molar-refractivity contribution in [2.45, 2.75) is 19.4 Å². The molecule has 150 valence electrons. The van der Waals surface area contributed by atoms with Crippen molar-refractivity contribution in [3.8, 4) is 11.5 Å². The van der Waals surface area contributed by atoms with Crippen LogP contribution in [0.3, 0.4) is 0 Å². The molecule has 8 heteroatoms. The first-order valence-electron chi connectivity index (χ1n) is 9.63. The molecular formula is C21H20FN3O3S. The fraction of sp³-hybridized carbons (Fsp3) is 0.333. The van der Waals surface area contributed by atoms with Gasteiger partial charge in [0.25, 0.3) is 0 Å². The Kier molecular flexibility index (Phi) is 4.71. The number of piperidine rings is 1. The Hall–Kier alpha value is -2.87. The fourth-order valence-corrected chi connectivity index (χ4v) is 4.79. The maximum atomic E-state index is 13.9. The first-order chi connectivity index (χ1) is 14.2. The molecule has 2 aliphatic heterocycles. The van der Waals surface area contributed by atoms with E-state index in [0.29, 0.717) is 12.1 Å². The van der Waals surface area contributed by atoms with Gasteiger partial charge in [-0.15, -0.1) is 0 Å². The van der Waals surface area contributed by atoms with Gasteiger partial charge in [0.05, 0.1) is 4.70 Å². The number of halogens is 1. The summed E-state index contributed by atoms with van der Waals surface area (Å²) in [6.45, 7) is 2.19. The number of aromatic nitrogens is 1. The lowest BCUT2D eigenvalue weighted by atomic mass is 9.96. The Morgan fingerprint density at radius 3 is 2.86 bits per heavy atom. The molecule has 1 saturated heterocycles. The number of benzene rings is 2. The number of amides is 1. The van der Waals surface area contributed by atoms with Crippen molar-refractivity contribution in [3.05, 3.63) is 47.8 Å². The molecule has 0 bridgehead atoms. The number of anilines is 1. The van der Waals surface area contributed by atoms with Crippen LogP contribution in [0.2, 0.25) is 0 Å². The van der Waals surface area contributed by atoms with Gasteiger partial charge in [-0.1, -0.05) is 23.5 Å². The number of nitrogens with one attached hydrogen (secondary N) is 1. The lowest BCUT2D eigenvalue weighted by molar-refractivity contribution is -0.125. The van der Waals surface area contributed by atoms with E-state index in [-0.39, 0.29) is 24.4 Å². The number of thiazole rings is 1. The number of hydrogen-bond donors (Lipinski definition) is 1. The van der Waals surface area contributed by atoms with Crippen LogP contribution in [-0.2, 0) is 11.3 Å². The number of carbonyl (C=O) groups excluding carboxylic acids is 1. The minimum atomic E-state index is -0.289. The van der Waals surface area contributed by atoms with Gasteiger partial charge in [-0.05, 0) is 42.7 Å². The molecule has 2 aromatic carbocycles. The average molecular weight is 413 g/mol. The molecule has 0 aliphatic carbocycles. The lowest BCUT2D eigenvalue weighted by Crippen LogP contribution is -2.40. The van der Waals surface area contributed by atoms with Crippen LogP contribution in [0.5, 0.6) is 11.5 Å². The standard InChI is InChI=1S/C21H20FN3O3S/c22-15-2-1-3-18-19(15)24-21(29-18)25-8-6-14(7-9-25)20(26)23-11-13-4-5-16-17(10-13)28-12-27-16/h1-5,10,14H,6-9,11-12H2,(H,23,26). The molecule has 0 spiro atoms. The van der Waals surface area contributed by atoms with E-state index in [1.54, 1.807) is 6.07 Å². The van der Waals surface area contributed by atoms with Gasteiger partial charge < -0.3 is 19.7 Å². The summed E-state index contributed by atoms with van der Waals surface area (Å²) in [6, 6.07) is 10.7. The zero-order valence-electron chi connectivity index (χ0n) is 15.7. The first-order valence-corrected chi connectivity index (χ1v) is 10.5. The third-order valence-electron chi connectivity index (χ3n) is 5.40. The molecule has 0 unspecified atom stereocenters. The maximum absolute atomic E-state index is 13.9. The maximum Gasteiger partial charge on any atom is 0.231 e. The highest BCUT2D eigenvalue weighted by Gasteiger charge is 2.26. The minimum absolute atomic E-state index is 0.0219. The summed E-state index contributed by atoms with van der Waals surface area (Å²) in [6.07, 6.45) is 1.51. The minimum Gasteiger partial charge on any atom is -0.454 e. The zero-order valence-corrected chi connectivity index (χ0v) is 16.5. The summed E-state index contributed by atoms with van der Waals surface area (Å²) in [4.78, 5) is 19.2. The van der Waals surface area contributed by atoms with E-state index in [0.717, 1.165) is 52.8 Å². The number of para-hydroxylation sites is 1. The van der Waals surface area contributed by atoms with Crippen LogP contribution in [0.15, 0.2) is 36.4 Å². The van der Waals surface area contributed by atoms with Crippen LogP contribution < -0.4 is 19.7 Å². The van der Waals surface area contributed by atoms with Crippen molar-refractivity contribution in [1.29, 1.82) is 0 Å². The Morgan fingerprint density at radius 1 is 1.21 bits per heavy atom. The molecule has 1 amide bonds. The molecule has 1 fully saturated rings. The Morgan fingerprint density at radius 2 is 2.03 bits per heavy atom. The van der Waals surface area contributed by atoms with E-state index < -0.39 is 0 Å². The normalized spacial score (nSPS) is 16.4. The molecule has 2 aliphatic rings. The van der Waals surface area contributed by atoms with Crippen molar-refractivity contribution in [3.63, 3.8) is 0 Å². The third kappa shape index (κ3) is 3.60. The smallest absolute Gasteiger partial charge is 0.231 e. The monoisotopic (exact) mass is 413 g/mol. The largest absolute Gasteiger partial charge is 0.454 e. The van der Waals surface area contributed by atoms with Gasteiger partial charge in [0, 0.05) is 25.6 Å². The Balaban J connectivity index is 1.17. The second kappa shape index (κ2) is 7.51. The molecular weight excluding hydrogens is 393 g/mol. The average Bonchev–Trinajstić information content (AvgIpc) is 3.39. The van der Waals surface area contributed by atoms with Gasteiger partial charge in [-0.3, -0.25) is 4.79 Å². The highest BCUT2D eigenvalue weighted by Crippen LogP contribution is 2.33. The summed E-state index contributed by atoms with van der Waals surface area (Å²) >= 11 is 1.50. The predicted molar refractivity (Wildman–Crippen MR) is 109 cm³/mol. The number of hydrogen-bond acceptors (Lipinski definition) is 6. The number of fused-ring (bicyclic) bond motifs is 2. The molecule has 0 saturated carbocycles. The summed E-state index contributed by atoms with van der Waals surface area (Å²) in [5.74, 6) is 1.21. The van der Waals surface area contributed by atoms with Crippen LogP contribution in [0.25, 0.3) is 10.2 Å². The quantitative estimate of drug-likeness (QED) is 0.707. The number of rotatable bonds is 4. The highest BCUT2D eigenvalue weighted by atomic mass is 32.1. The van der Waals surface area contributed by atoms with E-state index in [9.17, 15) is 9.18 Å². The molecule has 0 atom stereocenters. The summed E-state index contributed by atoms with van der Waals surface area (Å²) in [5, 5.41) is 3.85. The third-order valence-corrected chi connectivity index (χ3v) is 6.48. The van der Waals surface area contributed by atoms with E-state index in [4.69, 9.17) is 9.47 Å². The predicted octanol–water partition coefficient (Wildman–Crippen LogP) is 3.70. The number of ether oxygens (including phenoxy) is 2. The van der Waals surface area contributed by atoms with Gasteiger partial charge in [0.15, 0.2) is 16.6 Å². The van der Waals surface area contributed by atoms with Gasteiger partial charge in [0.1, 0.15) is 11.3 Å². The van der Waals surface area contributed by atoms with Crippen LogP contribution >= 0.6 is 11.3 Å². The molecule has 5 rings (SSSR count).